The molecule has 0 aliphatic rings. The van der Waals surface area contributed by atoms with Crippen molar-refractivity contribution in [3.8, 4) is 6.07 Å². The summed E-state index contributed by atoms with van der Waals surface area (Å²) >= 11 is 1.61. The van der Waals surface area contributed by atoms with Crippen LogP contribution in [0.15, 0.2) is 23.4 Å². The standard InChI is InChI=1S/C14H18N6S/c1-3-16-6-7-20-14(17-18-19-20)21-10-13-5-4-12(9-15)8-11(13)2/h4-5,8,16H,3,6-7,10H2,1-2H3. The maximum absolute atomic E-state index is 8.88. The molecular weight excluding hydrogens is 284 g/mol. The minimum atomic E-state index is 0.691. The predicted octanol–water partition coefficient (Wildman–Crippen LogP) is 1.75. The Morgan fingerprint density at radius 3 is 3.00 bits per heavy atom. The van der Waals surface area contributed by atoms with Crippen molar-refractivity contribution >= 4 is 11.8 Å². The van der Waals surface area contributed by atoms with Crippen LogP contribution < -0.4 is 5.32 Å². The summed E-state index contributed by atoms with van der Waals surface area (Å²) in [6.07, 6.45) is 0. The Morgan fingerprint density at radius 2 is 2.29 bits per heavy atom. The van der Waals surface area contributed by atoms with Gasteiger partial charge in [-0.2, -0.15) is 5.26 Å². The molecule has 0 spiro atoms. The number of benzene rings is 1. The van der Waals surface area contributed by atoms with Gasteiger partial charge in [-0.1, -0.05) is 24.8 Å². The molecule has 0 aliphatic carbocycles. The summed E-state index contributed by atoms with van der Waals surface area (Å²) in [4.78, 5) is 0. The molecule has 0 atom stereocenters. The second kappa shape index (κ2) is 7.76. The largest absolute Gasteiger partial charge is 0.315 e. The molecule has 0 unspecified atom stereocenters. The Hall–Kier alpha value is -1.91. The second-order valence-corrected chi connectivity index (χ2v) is 5.52. The van der Waals surface area contributed by atoms with E-state index in [0.29, 0.717) is 5.56 Å². The lowest BCUT2D eigenvalue weighted by Gasteiger charge is -2.07. The molecule has 0 saturated heterocycles. The Morgan fingerprint density at radius 1 is 1.43 bits per heavy atom. The molecule has 0 fully saturated rings. The van der Waals surface area contributed by atoms with Crippen LogP contribution in [-0.4, -0.2) is 33.3 Å². The zero-order valence-corrected chi connectivity index (χ0v) is 13.0. The lowest BCUT2D eigenvalue weighted by molar-refractivity contribution is 0.517. The van der Waals surface area contributed by atoms with Crippen molar-refractivity contribution in [1.29, 1.82) is 5.26 Å². The summed E-state index contributed by atoms with van der Waals surface area (Å²) in [7, 11) is 0. The molecule has 0 saturated carbocycles. The van der Waals surface area contributed by atoms with Gasteiger partial charge in [0.25, 0.3) is 0 Å². The number of likely N-dealkylation sites (N-methyl/N-ethyl adjacent to an activating group) is 1. The maximum atomic E-state index is 8.88. The van der Waals surface area contributed by atoms with Crippen LogP contribution in [0.4, 0.5) is 0 Å². The fourth-order valence-electron chi connectivity index (χ4n) is 1.87. The minimum Gasteiger partial charge on any atom is -0.315 e. The zero-order chi connectivity index (χ0) is 15.1. The minimum absolute atomic E-state index is 0.691. The number of aryl methyl sites for hydroxylation is 1. The van der Waals surface area contributed by atoms with Crippen LogP contribution in [0.25, 0.3) is 0 Å². The first-order valence-corrected chi connectivity index (χ1v) is 7.82. The molecule has 2 rings (SSSR count). The zero-order valence-electron chi connectivity index (χ0n) is 12.2. The molecule has 0 bridgehead atoms. The maximum Gasteiger partial charge on any atom is 0.209 e. The van der Waals surface area contributed by atoms with Gasteiger partial charge in [-0.05, 0) is 47.2 Å². The number of thioether (sulfide) groups is 1. The number of rotatable bonds is 7. The highest BCUT2D eigenvalue weighted by Crippen LogP contribution is 2.22. The van der Waals surface area contributed by atoms with Gasteiger partial charge in [-0.15, -0.1) is 5.10 Å². The number of nitrogens with one attached hydrogen (secondary N) is 1. The molecule has 6 nitrogen and oxygen atoms in total. The quantitative estimate of drug-likeness (QED) is 0.620. The highest BCUT2D eigenvalue weighted by Gasteiger charge is 2.08. The average molecular weight is 302 g/mol. The van der Waals surface area contributed by atoms with Gasteiger partial charge in [-0.3, -0.25) is 0 Å². The molecule has 1 aromatic carbocycles. The summed E-state index contributed by atoms with van der Waals surface area (Å²) < 4.78 is 1.81. The number of aromatic nitrogens is 4. The molecule has 0 amide bonds. The van der Waals surface area contributed by atoms with E-state index in [1.165, 1.54) is 5.56 Å². The van der Waals surface area contributed by atoms with Crippen molar-refractivity contribution in [3.05, 3.63) is 34.9 Å². The predicted molar refractivity (Wildman–Crippen MR) is 81.8 cm³/mol. The van der Waals surface area contributed by atoms with Crippen molar-refractivity contribution in [2.45, 2.75) is 31.3 Å². The van der Waals surface area contributed by atoms with E-state index in [1.807, 2.05) is 29.8 Å². The summed E-state index contributed by atoms with van der Waals surface area (Å²) in [5, 5.41) is 24.7. The second-order valence-electron chi connectivity index (χ2n) is 4.58. The summed E-state index contributed by atoms with van der Waals surface area (Å²) in [6.45, 7) is 6.64. The number of nitrogens with zero attached hydrogens (tertiary/aromatic N) is 5. The first-order valence-electron chi connectivity index (χ1n) is 6.84. The molecule has 1 heterocycles. The van der Waals surface area contributed by atoms with Crippen molar-refractivity contribution in [2.75, 3.05) is 13.1 Å². The monoisotopic (exact) mass is 302 g/mol. The Kier molecular flexibility index (Phi) is 5.72. The van der Waals surface area contributed by atoms with Crippen LogP contribution in [-0.2, 0) is 12.3 Å². The van der Waals surface area contributed by atoms with E-state index >= 15 is 0 Å². The van der Waals surface area contributed by atoms with Crippen LogP contribution in [0.2, 0.25) is 0 Å². The van der Waals surface area contributed by atoms with E-state index < -0.39 is 0 Å². The number of hydrogen-bond donors (Lipinski definition) is 1. The highest BCUT2D eigenvalue weighted by molar-refractivity contribution is 7.98. The third-order valence-electron chi connectivity index (χ3n) is 3.08. The Balaban J connectivity index is 1.97. The van der Waals surface area contributed by atoms with Crippen LogP contribution in [0.1, 0.15) is 23.6 Å². The molecule has 1 N–H and O–H groups in total. The Bertz CT molecular complexity index is 631. The third kappa shape index (κ3) is 4.28. The lowest BCUT2D eigenvalue weighted by atomic mass is 10.1. The molecule has 110 valence electrons. The van der Waals surface area contributed by atoms with Gasteiger partial charge >= 0.3 is 0 Å². The van der Waals surface area contributed by atoms with E-state index in [2.05, 4.69) is 33.8 Å². The van der Waals surface area contributed by atoms with Crippen molar-refractivity contribution in [3.63, 3.8) is 0 Å². The average Bonchev–Trinajstić information content (AvgIpc) is 2.93. The van der Waals surface area contributed by atoms with E-state index in [4.69, 9.17) is 5.26 Å². The fraction of sp³-hybridized carbons (Fsp3) is 0.429. The van der Waals surface area contributed by atoms with Gasteiger partial charge in [0.05, 0.1) is 18.2 Å². The van der Waals surface area contributed by atoms with Gasteiger partial charge in [-0.25, -0.2) is 4.68 Å². The fourth-order valence-corrected chi connectivity index (χ4v) is 2.85. The van der Waals surface area contributed by atoms with E-state index in [0.717, 1.165) is 36.1 Å². The van der Waals surface area contributed by atoms with Gasteiger partial charge in [0, 0.05) is 12.3 Å². The number of tetrazole rings is 1. The normalized spacial score (nSPS) is 10.5. The van der Waals surface area contributed by atoms with E-state index in [9.17, 15) is 0 Å². The smallest absolute Gasteiger partial charge is 0.209 e. The number of hydrogen-bond acceptors (Lipinski definition) is 6. The van der Waals surface area contributed by atoms with Crippen molar-refractivity contribution in [2.24, 2.45) is 0 Å². The van der Waals surface area contributed by atoms with E-state index in [-0.39, 0.29) is 0 Å². The van der Waals surface area contributed by atoms with Crippen molar-refractivity contribution < 1.29 is 0 Å². The molecule has 0 aliphatic heterocycles. The SMILES string of the molecule is CCNCCn1nnnc1SCc1ccc(C#N)cc1C. The molecule has 2 aromatic rings. The van der Waals surface area contributed by atoms with Gasteiger partial charge in [0.1, 0.15) is 0 Å². The first-order chi connectivity index (χ1) is 10.2. The van der Waals surface area contributed by atoms with Crippen LogP contribution in [0, 0.1) is 18.3 Å². The van der Waals surface area contributed by atoms with Crippen LogP contribution >= 0.6 is 11.8 Å². The summed E-state index contributed by atoms with van der Waals surface area (Å²) in [5.41, 5.74) is 3.00. The molecular formula is C14H18N6S. The number of nitriles is 1. The first kappa shape index (κ1) is 15.5. The third-order valence-corrected chi connectivity index (χ3v) is 4.08. The summed E-state index contributed by atoms with van der Waals surface area (Å²) in [6, 6.07) is 7.90. The highest BCUT2D eigenvalue weighted by atomic mass is 32.2. The van der Waals surface area contributed by atoms with Gasteiger partial charge in [0.15, 0.2) is 0 Å². The summed E-state index contributed by atoms with van der Waals surface area (Å²) in [5.74, 6) is 0.791. The van der Waals surface area contributed by atoms with Crippen LogP contribution in [0.3, 0.4) is 0 Å². The molecule has 0 radical (unpaired) electrons. The van der Waals surface area contributed by atoms with Crippen molar-refractivity contribution in [1.82, 2.24) is 25.5 Å². The lowest BCUT2D eigenvalue weighted by Crippen LogP contribution is -2.20. The topological polar surface area (TPSA) is 79.4 Å². The molecule has 21 heavy (non-hydrogen) atoms. The van der Waals surface area contributed by atoms with Gasteiger partial charge in [0.2, 0.25) is 5.16 Å². The van der Waals surface area contributed by atoms with E-state index in [1.54, 1.807) is 11.8 Å². The van der Waals surface area contributed by atoms with Gasteiger partial charge < -0.3 is 5.32 Å². The molecule has 1 aromatic heterocycles. The van der Waals surface area contributed by atoms with Crippen LogP contribution in [0.5, 0.6) is 0 Å². The Labute approximate surface area is 128 Å². The molecule has 7 heteroatoms.